The maximum absolute atomic E-state index is 13.2. The normalized spacial score (nSPS) is 11.8. The minimum absolute atomic E-state index is 0.00360. The summed E-state index contributed by atoms with van der Waals surface area (Å²) in [4.78, 5) is 30.4. The van der Waals surface area contributed by atoms with Crippen molar-refractivity contribution in [2.45, 2.75) is 6.92 Å². The molecule has 4 aromatic rings. The molecule has 0 amide bonds. The van der Waals surface area contributed by atoms with Crippen LogP contribution in [0.1, 0.15) is 27.4 Å². The van der Waals surface area contributed by atoms with Crippen molar-refractivity contribution in [1.29, 1.82) is 0 Å². The average molecular weight is 459 g/mol. The fourth-order valence-electron chi connectivity index (χ4n) is 3.01. The number of aryl methyl sites for hydroxylation is 1. The van der Waals surface area contributed by atoms with Crippen LogP contribution in [0.5, 0.6) is 0 Å². The first kappa shape index (κ1) is 20.8. The topological polar surface area (TPSA) is 101 Å². The number of benzene rings is 2. The van der Waals surface area contributed by atoms with Crippen molar-refractivity contribution in [3.63, 3.8) is 0 Å². The van der Waals surface area contributed by atoms with Crippen LogP contribution >= 0.6 is 23.2 Å². The Labute approximate surface area is 184 Å². The second kappa shape index (κ2) is 7.98. The molecular formula is C21H13Cl2FN4O3. The van der Waals surface area contributed by atoms with E-state index in [1.807, 2.05) is 0 Å². The minimum atomic E-state index is -1.14. The summed E-state index contributed by atoms with van der Waals surface area (Å²) in [6.07, 6.45) is 1.50. The second-order valence-corrected chi connectivity index (χ2v) is 7.39. The second-order valence-electron chi connectivity index (χ2n) is 6.62. The van der Waals surface area contributed by atoms with Crippen molar-refractivity contribution >= 4 is 51.2 Å². The van der Waals surface area contributed by atoms with Crippen molar-refractivity contribution in [3.05, 3.63) is 86.4 Å². The SMILES string of the molecule is Cc1nn(-c2ccc(F)cc2)c(Cl)c1/C=C(/Cl)c1nc2cc(C(=O)O)ccc2c(=O)[nH]1. The third-order valence-electron chi connectivity index (χ3n) is 4.57. The summed E-state index contributed by atoms with van der Waals surface area (Å²) >= 11 is 12.9. The molecule has 7 nitrogen and oxygen atoms in total. The first-order valence-corrected chi connectivity index (χ1v) is 9.66. The Balaban J connectivity index is 1.79. The van der Waals surface area contributed by atoms with E-state index >= 15 is 0 Å². The minimum Gasteiger partial charge on any atom is -0.478 e. The molecule has 0 saturated carbocycles. The lowest BCUT2D eigenvalue weighted by Crippen LogP contribution is -2.11. The monoisotopic (exact) mass is 458 g/mol. The third kappa shape index (κ3) is 3.95. The van der Waals surface area contributed by atoms with Crippen molar-refractivity contribution in [1.82, 2.24) is 19.7 Å². The zero-order valence-corrected chi connectivity index (χ0v) is 17.4. The largest absolute Gasteiger partial charge is 0.478 e. The van der Waals surface area contributed by atoms with Gasteiger partial charge in [0.1, 0.15) is 11.0 Å². The highest BCUT2D eigenvalue weighted by atomic mass is 35.5. The fourth-order valence-corrected chi connectivity index (χ4v) is 3.53. The Hall–Kier alpha value is -3.49. The highest BCUT2D eigenvalue weighted by molar-refractivity contribution is 6.51. The molecule has 156 valence electrons. The van der Waals surface area contributed by atoms with E-state index in [0.717, 1.165) is 0 Å². The van der Waals surface area contributed by atoms with E-state index in [2.05, 4.69) is 15.1 Å². The predicted molar refractivity (Wildman–Crippen MR) is 116 cm³/mol. The lowest BCUT2D eigenvalue weighted by atomic mass is 10.1. The van der Waals surface area contributed by atoms with E-state index in [0.29, 0.717) is 16.9 Å². The summed E-state index contributed by atoms with van der Waals surface area (Å²) in [6.45, 7) is 1.72. The predicted octanol–water partition coefficient (Wildman–Crippen LogP) is 4.64. The molecule has 0 bridgehead atoms. The number of aromatic amines is 1. The maximum Gasteiger partial charge on any atom is 0.335 e. The number of aromatic nitrogens is 4. The molecule has 0 aliphatic carbocycles. The highest BCUT2D eigenvalue weighted by Gasteiger charge is 2.16. The molecule has 0 radical (unpaired) electrons. The van der Waals surface area contributed by atoms with E-state index < -0.39 is 11.5 Å². The molecule has 4 rings (SSSR count). The van der Waals surface area contributed by atoms with E-state index in [1.54, 1.807) is 6.92 Å². The van der Waals surface area contributed by atoms with Gasteiger partial charge in [-0.05, 0) is 55.5 Å². The molecule has 2 aromatic heterocycles. The van der Waals surface area contributed by atoms with Gasteiger partial charge in [0, 0.05) is 5.56 Å². The van der Waals surface area contributed by atoms with Gasteiger partial charge in [-0.1, -0.05) is 23.2 Å². The van der Waals surface area contributed by atoms with Crippen LogP contribution in [0.15, 0.2) is 47.3 Å². The van der Waals surface area contributed by atoms with E-state index in [1.165, 1.54) is 53.2 Å². The van der Waals surface area contributed by atoms with Gasteiger partial charge in [-0.25, -0.2) is 18.9 Å². The fraction of sp³-hybridized carbons (Fsp3) is 0.0476. The van der Waals surface area contributed by atoms with Crippen LogP contribution in [-0.4, -0.2) is 30.8 Å². The van der Waals surface area contributed by atoms with Gasteiger partial charge in [0.05, 0.1) is 32.9 Å². The first-order chi connectivity index (χ1) is 14.7. The number of hydrogen-bond donors (Lipinski definition) is 2. The number of hydrogen-bond acceptors (Lipinski definition) is 4. The Morgan fingerprint density at radius 3 is 2.61 bits per heavy atom. The summed E-state index contributed by atoms with van der Waals surface area (Å²) in [6, 6.07) is 9.66. The molecule has 0 unspecified atom stereocenters. The van der Waals surface area contributed by atoms with Crippen molar-refractivity contribution in [2.24, 2.45) is 0 Å². The summed E-state index contributed by atoms with van der Waals surface area (Å²) in [5.41, 5.74) is 1.31. The zero-order valence-electron chi connectivity index (χ0n) is 15.9. The number of halogens is 3. The van der Waals surface area contributed by atoms with E-state index in [4.69, 9.17) is 28.3 Å². The zero-order chi connectivity index (χ0) is 22.3. The van der Waals surface area contributed by atoms with Crippen LogP contribution in [0, 0.1) is 12.7 Å². The van der Waals surface area contributed by atoms with Gasteiger partial charge in [-0.15, -0.1) is 0 Å². The molecule has 0 aliphatic rings. The summed E-state index contributed by atoms with van der Waals surface area (Å²) in [5, 5.41) is 14.1. The van der Waals surface area contributed by atoms with E-state index in [9.17, 15) is 14.0 Å². The molecule has 0 atom stereocenters. The molecule has 0 aliphatic heterocycles. The molecule has 0 spiro atoms. The van der Waals surface area contributed by atoms with Gasteiger partial charge in [0.2, 0.25) is 0 Å². The maximum atomic E-state index is 13.2. The molecule has 2 heterocycles. The van der Waals surface area contributed by atoms with Crippen LogP contribution in [0.3, 0.4) is 0 Å². The molecule has 0 fully saturated rings. The number of nitrogens with zero attached hydrogens (tertiary/aromatic N) is 3. The van der Waals surface area contributed by atoms with Crippen LogP contribution in [0.2, 0.25) is 5.15 Å². The van der Waals surface area contributed by atoms with Gasteiger partial charge in [-0.3, -0.25) is 4.79 Å². The first-order valence-electron chi connectivity index (χ1n) is 8.90. The van der Waals surface area contributed by atoms with Gasteiger partial charge in [0.25, 0.3) is 5.56 Å². The van der Waals surface area contributed by atoms with E-state index in [-0.39, 0.29) is 38.3 Å². The molecule has 10 heteroatoms. The van der Waals surface area contributed by atoms with Crippen LogP contribution < -0.4 is 5.56 Å². The molecule has 0 saturated heterocycles. The highest BCUT2D eigenvalue weighted by Crippen LogP contribution is 2.29. The molecule has 2 N–H and O–H groups in total. The standard InChI is InChI=1S/C21H13Cl2FN4O3/c1-10-15(18(23)28(27-10)13-5-3-12(24)4-6-13)9-16(22)19-25-17-8-11(21(30)31)2-7-14(17)20(29)26-19/h2-9H,1H3,(H,30,31)(H,25,26,29)/b16-9+. The summed E-state index contributed by atoms with van der Waals surface area (Å²) < 4.78 is 14.6. The average Bonchev–Trinajstić information content (AvgIpc) is 3.02. The molecule has 31 heavy (non-hydrogen) atoms. The Morgan fingerprint density at radius 2 is 1.94 bits per heavy atom. The Bertz CT molecular complexity index is 1430. The van der Waals surface area contributed by atoms with Gasteiger partial charge in [-0.2, -0.15) is 5.10 Å². The summed E-state index contributed by atoms with van der Waals surface area (Å²) in [5.74, 6) is -1.47. The summed E-state index contributed by atoms with van der Waals surface area (Å²) in [7, 11) is 0. The number of rotatable bonds is 4. The third-order valence-corrected chi connectivity index (χ3v) is 5.22. The van der Waals surface area contributed by atoms with Gasteiger partial charge in [0.15, 0.2) is 5.82 Å². The number of carbonyl (C=O) groups is 1. The number of H-pyrrole nitrogens is 1. The van der Waals surface area contributed by atoms with Gasteiger partial charge >= 0.3 is 5.97 Å². The van der Waals surface area contributed by atoms with Crippen LogP contribution in [0.25, 0.3) is 27.7 Å². The number of aromatic carboxylic acids is 1. The molecular weight excluding hydrogens is 446 g/mol. The lowest BCUT2D eigenvalue weighted by molar-refractivity contribution is 0.0697. The Kier molecular flexibility index (Phi) is 5.34. The van der Waals surface area contributed by atoms with Crippen molar-refractivity contribution < 1.29 is 14.3 Å². The lowest BCUT2D eigenvalue weighted by Gasteiger charge is -2.04. The number of carboxylic acid groups (broad SMARTS) is 1. The van der Waals surface area contributed by atoms with Crippen LogP contribution in [-0.2, 0) is 0 Å². The van der Waals surface area contributed by atoms with Crippen molar-refractivity contribution in [2.75, 3.05) is 0 Å². The number of nitrogens with one attached hydrogen (secondary N) is 1. The number of fused-ring (bicyclic) bond motifs is 1. The number of carboxylic acids is 1. The quantitative estimate of drug-likeness (QED) is 0.463. The van der Waals surface area contributed by atoms with Gasteiger partial charge < -0.3 is 10.1 Å². The van der Waals surface area contributed by atoms with Crippen molar-refractivity contribution in [3.8, 4) is 5.69 Å². The smallest absolute Gasteiger partial charge is 0.335 e. The Morgan fingerprint density at radius 1 is 1.23 bits per heavy atom. The van der Waals surface area contributed by atoms with Crippen LogP contribution in [0.4, 0.5) is 4.39 Å². The molecule has 2 aromatic carbocycles.